The smallest absolute Gasteiger partial charge is 0.275 e. The first-order valence-corrected chi connectivity index (χ1v) is 8.78. The van der Waals surface area contributed by atoms with E-state index in [1.54, 1.807) is 0 Å². The van der Waals surface area contributed by atoms with Crippen LogP contribution < -0.4 is 10.9 Å². The van der Waals surface area contributed by atoms with Crippen molar-refractivity contribution < 1.29 is 4.74 Å². The summed E-state index contributed by atoms with van der Waals surface area (Å²) < 4.78 is 6.81. The van der Waals surface area contributed by atoms with Crippen LogP contribution in [0.3, 0.4) is 0 Å². The number of rotatable bonds is 5. The fourth-order valence-corrected chi connectivity index (χ4v) is 3.67. The summed E-state index contributed by atoms with van der Waals surface area (Å²) in [7, 11) is 0. The Kier molecular flexibility index (Phi) is 4.65. The summed E-state index contributed by atoms with van der Waals surface area (Å²) in [5.74, 6) is 0. The Morgan fingerprint density at radius 3 is 2.87 bits per heavy atom. The Morgan fingerprint density at radius 1 is 1.43 bits per heavy atom. The van der Waals surface area contributed by atoms with E-state index in [0.717, 1.165) is 50.1 Å². The highest BCUT2D eigenvalue weighted by Gasteiger charge is 2.31. The second-order valence-electron chi connectivity index (χ2n) is 6.14. The van der Waals surface area contributed by atoms with E-state index in [4.69, 9.17) is 4.74 Å². The lowest BCUT2D eigenvalue weighted by Crippen LogP contribution is -2.54. The van der Waals surface area contributed by atoms with Crippen LogP contribution in [0.5, 0.6) is 0 Å². The fourth-order valence-electron chi connectivity index (χ4n) is 2.82. The van der Waals surface area contributed by atoms with E-state index >= 15 is 0 Å². The quantitative estimate of drug-likeness (QED) is 0.888. The molecule has 2 aromatic rings. The van der Waals surface area contributed by atoms with Gasteiger partial charge in [0.2, 0.25) is 10.1 Å². The van der Waals surface area contributed by atoms with Gasteiger partial charge in [-0.15, -0.1) is 5.10 Å². The van der Waals surface area contributed by atoms with Gasteiger partial charge in [0.05, 0.1) is 13.2 Å². The predicted octanol–water partition coefficient (Wildman–Crippen LogP) is 1.37. The number of ether oxygens (including phenoxy) is 1. The minimum Gasteiger partial charge on any atom is -0.379 e. The first-order valence-electron chi connectivity index (χ1n) is 7.96. The SMILES string of the molecule is CCC(C)(CNc1nn2c(=O)cc(C)nc2s1)N1CCOCC1. The molecular weight excluding hydrogens is 314 g/mol. The maximum Gasteiger partial charge on any atom is 0.275 e. The Morgan fingerprint density at radius 2 is 2.17 bits per heavy atom. The van der Waals surface area contributed by atoms with Gasteiger partial charge in [0, 0.05) is 36.9 Å². The minimum absolute atomic E-state index is 0.0376. The molecule has 1 atom stereocenters. The molecule has 1 saturated heterocycles. The lowest BCUT2D eigenvalue weighted by Gasteiger charge is -2.43. The molecule has 0 aromatic carbocycles. The van der Waals surface area contributed by atoms with Crippen molar-refractivity contribution in [1.29, 1.82) is 0 Å². The summed E-state index contributed by atoms with van der Waals surface area (Å²) in [4.78, 5) is 19.4. The van der Waals surface area contributed by atoms with Crippen LogP contribution in [0, 0.1) is 6.92 Å². The third kappa shape index (κ3) is 3.39. The fraction of sp³-hybridized carbons (Fsp3) is 0.667. The lowest BCUT2D eigenvalue weighted by molar-refractivity contribution is -0.0131. The molecule has 0 saturated carbocycles. The Labute approximate surface area is 139 Å². The van der Waals surface area contributed by atoms with Crippen molar-refractivity contribution in [2.75, 3.05) is 38.2 Å². The van der Waals surface area contributed by atoms with Crippen LogP contribution in [0.4, 0.5) is 5.13 Å². The molecule has 126 valence electrons. The topological polar surface area (TPSA) is 71.8 Å². The van der Waals surface area contributed by atoms with Crippen molar-refractivity contribution in [3.8, 4) is 0 Å². The number of nitrogens with zero attached hydrogens (tertiary/aromatic N) is 4. The zero-order valence-corrected chi connectivity index (χ0v) is 14.7. The van der Waals surface area contributed by atoms with Crippen LogP contribution in [0.2, 0.25) is 0 Å². The van der Waals surface area contributed by atoms with Gasteiger partial charge >= 0.3 is 0 Å². The van der Waals surface area contributed by atoms with Crippen molar-refractivity contribution in [3.05, 3.63) is 22.1 Å². The van der Waals surface area contributed by atoms with E-state index < -0.39 is 0 Å². The number of aryl methyl sites for hydroxylation is 1. The summed E-state index contributed by atoms with van der Waals surface area (Å²) in [6, 6.07) is 1.50. The van der Waals surface area contributed by atoms with E-state index in [-0.39, 0.29) is 11.1 Å². The number of morpholine rings is 1. The molecule has 0 spiro atoms. The van der Waals surface area contributed by atoms with Gasteiger partial charge in [0.1, 0.15) is 0 Å². The highest BCUT2D eigenvalue weighted by molar-refractivity contribution is 7.20. The molecule has 1 unspecified atom stereocenters. The highest BCUT2D eigenvalue weighted by atomic mass is 32.1. The molecular formula is C15H23N5O2S. The summed E-state index contributed by atoms with van der Waals surface area (Å²) in [6.07, 6.45) is 1.03. The molecule has 1 aliphatic heterocycles. The summed E-state index contributed by atoms with van der Waals surface area (Å²) in [5.41, 5.74) is 0.621. The molecule has 3 heterocycles. The maximum atomic E-state index is 11.9. The molecule has 2 aromatic heterocycles. The van der Waals surface area contributed by atoms with E-state index in [0.29, 0.717) is 4.96 Å². The van der Waals surface area contributed by atoms with E-state index in [1.165, 1.54) is 21.9 Å². The van der Waals surface area contributed by atoms with Gasteiger partial charge in [-0.25, -0.2) is 4.98 Å². The zero-order valence-electron chi connectivity index (χ0n) is 13.8. The van der Waals surface area contributed by atoms with Crippen molar-refractivity contribution in [2.45, 2.75) is 32.7 Å². The van der Waals surface area contributed by atoms with Crippen molar-refractivity contribution in [3.63, 3.8) is 0 Å². The summed E-state index contributed by atoms with van der Waals surface area (Å²) >= 11 is 1.41. The molecule has 1 fully saturated rings. The van der Waals surface area contributed by atoms with Gasteiger partial charge in [0.25, 0.3) is 5.56 Å². The highest BCUT2D eigenvalue weighted by Crippen LogP contribution is 2.23. The van der Waals surface area contributed by atoms with Crippen molar-refractivity contribution >= 4 is 21.4 Å². The zero-order chi connectivity index (χ0) is 16.4. The number of nitrogens with one attached hydrogen (secondary N) is 1. The average Bonchev–Trinajstić information content (AvgIpc) is 2.97. The number of hydrogen-bond donors (Lipinski definition) is 1. The number of anilines is 1. The molecule has 0 amide bonds. The third-order valence-electron chi connectivity index (χ3n) is 4.53. The summed E-state index contributed by atoms with van der Waals surface area (Å²) in [5, 5.41) is 8.47. The standard InChI is InChI=1S/C15H23N5O2S/c1-4-15(3,19-5-7-22-8-6-19)10-16-13-18-20-12(21)9-11(2)17-14(20)23-13/h9H,4-8,10H2,1-3H3,(H,16,18). The molecule has 1 aliphatic rings. The average molecular weight is 337 g/mol. The molecule has 0 radical (unpaired) electrons. The first kappa shape index (κ1) is 16.4. The first-order chi connectivity index (χ1) is 11.0. The van der Waals surface area contributed by atoms with E-state index in [2.05, 4.69) is 34.1 Å². The van der Waals surface area contributed by atoms with Gasteiger partial charge in [-0.3, -0.25) is 9.69 Å². The Balaban J connectivity index is 1.76. The van der Waals surface area contributed by atoms with Gasteiger partial charge in [-0.2, -0.15) is 4.52 Å². The molecule has 7 nitrogen and oxygen atoms in total. The largest absolute Gasteiger partial charge is 0.379 e. The number of aromatic nitrogens is 3. The third-order valence-corrected chi connectivity index (χ3v) is 5.40. The van der Waals surface area contributed by atoms with E-state index in [9.17, 15) is 4.79 Å². The van der Waals surface area contributed by atoms with Crippen molar-refractivity contribution in [2.24, 2.45) is 0 Å². The molecule has 1 N–H and O–H groups in total. The van der Waals surface area contributed by atoms with Crippen molar-refractivity contribution in [1.82, 2.24) is 19.5 Å². The molecule has 8 heteroatoms. The molecule has 0 bridgehead atoms. The minimum atomic E-state index is -0.136. The Bertz CT molecular complexity index is 737. The lowest BCUT2D eigenvalue weighted by atomic mass is 9.96. The van der Waals surface area contributed by atoms with E-state index in [1.807, 2.05) is 6.92 Å². The number of hydrogen-bond acceptors (Lipinski definition) is 7. The van der Waals surface area contributed by atoms with Gasteiger partial charge < -0.3 is 10.1 Å². The van der Waals surface area contributed by atoms with Gasteiger partial charge in [-0.1, -0.05) is 18.3 Å². The monoisotopic (exact) mass is 337 g/mol. The second kappa shape index (κ2) is 6.54. The van der Waals surface area contributed by atoms with Crippen LogP contribution in [0.15, 0.2) is 10.9 Å². The molecule has 0 aliphatic carbocycles. The second-order valence-corrected chi connectivity index (χ2v) is 7.10. The van der Waals surface area contributed by atoms with Crippen LogP contribution in [0.1, 0.15) is 26.0 Å². The Hall–Kier alpha value is -1.51. The molecule has 3 rings (SSSR count). The predicted molar refractivity (Wildman–Crippen MR) is 91.4 cm³/mol. The normalized spacial score (nSPS) is 18.9. The van der Waals surface area contributed by atoms with Gasteiger partial charge in [-0.05, 0) is 20.3 Å². The maximum absolute atomic E-state index is 11.9. The van der Waals surface area contributed by atoms with Crippen LogP contribution in [-0.4, -0.2) is 57.9 Å². The van der Waals surface area contributed by atoms with Crippen LogP contribution in [-0.2, 0) is 4.74 Å². The summed E-state index contributed by atoms with van der Waals surface area (Å²) in [6.45, 7) is 10.5. The van der Waals surface area contributed by atoms with Gasteiger partial charge in [0.15, 0.2) is 0 Å². The van der Waals surface area contributed by atoms with Crippen LogP contribution in [0.25, 0.3) is 4.96 Å². The van der Waals surface area contributed by atoms with Crippen LogP contribution >= 0.6 is 11.3 Å². The number of fused-ring (bicyclic) bond motifs is 1. The molecule has 23 heavy (non-hydrogen) atoms.